The molecule has 0 bridgehead atoms. The average Bonchev–Trinajstić information content (AvgIpc) is 2.56. The lowest BCUT2D eigenvalue weighted by molar-refractivity contribution is -0.151. The van der Waals surface area contributed by atoms with E-state index in [1.807, 2.05) is 5.38 Å². The average molecular weight is 213 g/mol. The van der Waals surface area contributed by atoms with E-state index in [0.29, 0.717) is 5.00 Å². The van der Waals surface area contributed by atoms with Crippen LogP contribution in [-0.2, 0) is 9.59 Å². The molecular weight excluding hydrogens is 202 g/mol. The Balaban J connectivity index is 2.72. The fraction of sp³-hybridized carbons (Fsp3) is 0.333. The smallest absolute Gasteiger partial charge is 0.318 e. The summed E-state index contributed by atoms with van der Waals surface area (Å²) in [6.45, 7) is 2.75. The highest BCUT2D eigenvalue weighted by molar-refractivity contribution is 7.14. The van der Waals surface area contributed by atoms with Gasteiger partial charge in [-0.2, -0.15) is 0 Å². The summed E-state index contributed by atoms with van der Waals surface area (Å²) in [5, 5.41) is 13.8. The van der Waals surface area contributed by atoms with Gasteiger partial charge in [0.2, 0.25) is 5.91 Å². The molecule has 2 N–H and O–H groups in total. The SMILES string of the molecule is CC(C)(C(=O)O)C(=O)Nc1cccs1. The van der Waals surface area contributed by atoms with E-state index in [0.717, 1.165) is 0 Å². The van der Waals surface area contributed by atoms with Crippen LogP contribution in [0, 0.1) is 5.41 Å². The fourth-order valence-corrected chi connectivity index (χ4v) is 1.33. The fourth-order valence-electron chi connectivity index (χ4n) is 0.715. The Labute approximate surface area is 85.6 Å². The number of carboxylic acids is 1. The largest absolute Gasteiger partial charge is 0.480 e. The van der Waals surface area contributed by atoms with Gasteiger partial charge < -0.3 is 10.4 Å². The minimum atomic E-state index is -1.40. The van der Waals surface area contributed by atoms with Gasteiger partial charge in [-0.15, -0.1) is 11.3 Å². The van der Waals surface area contributed by atoms with E-state index in [-0.39, 0.29) is 0 Å². The standard InChI is InChI=1S/C9H11NO3S/c1-9(2,8(12)13)7(11)10-6-4-3-5-14-6/h3-5H,1-2H3,(H,10,11)(H,12,13). The number of carbonyl (C=O) groups is 2. The van der Waals surface area contributed by atoms with Gasteiger partial charge in [0, 0.05) is 0 Å². The third-order valence-electron chi connectivity index (χ3n) is 1.86. The Bertz CT molecular complexity index is 343. The number of hydrogen-bond acceptors (Lipinski definition) is 3. The van der Waals surface area contributed by atoms with Gasteiger partial charge in [0.15, 0.2) is 0 Å². The number of hydrogen-bond donors (Lipinski definition) is 2. The summed E-state index contributed by atoms with van der Waals surface area (Å²) in [6, 6.07) is 3.51. The summed E-state index contributed by atoms with van der Waals surface area (Å²) < 4.78 is 0. The van der Waals surface area contributed by atoms with Crippen LogP contribution in [0.1, 0.15) is 13.8 Å². The second-order valence-corrected chi connectivity index (χ2v) is 4.31. The van der Waals surface area contributed by atoms with Crippen molar-refractivity contribution in [1.82, 2.24) is 0 Å². The Kier molecular flexibility index (Phi) is 2.90. The molecule has 1 amide bonds. The maximum absolute atomic E-state index is 11.5. The van der Waals surface area contributed by atoms with Crippen molar-refractivity contribution in [3.05, 3.63) is 17.5 Å². The molecule has 76 valence electrons. The van der Waals surface area contributed by atoms with Crippen molar-refractivity contribution in [3.8, 4) is 0 Å². The van der Waals surface area contributed by atoms with Gasteiger partial charge in [-0.3, -0.25) is 9.59 Å². The number of aliphatic carboxylic acids is 1. The maximum atomic E-state index is 11.5. The molecule has 4 nitrogen and oxygen atoms in total. The summed E-state index contributed by atoms with van der Waals surface area (Å²) in [7, 11) is 0. The predicted molar refractivity (Wildman–Crippen MR) is 54.4 cm³/mol. The summed E-state index contributed by atoms with van der Waals surface area (Å²) in [4.78, 5) is 22.2. The molecule has 0 aliphatic rings. The van der Waals surface area contributed by atoms with Crippen molar-refractivity contribution >= 4 is 28.2 Å². The molecular formula is C9H11NO3S. The highest BCUT2D eigenvalue weighted by Gasteiger charge is 2.36. The summed E-state index contributed by atoms with van der Waals surface area (Å²) in [6.07, 6.45) is 0. The quantitative estimate of drug-likeness (QED) is 0.752. The van der Waals surface area contributed by atoms with Gasteiger partial charge in [0.1, 0.15) is 5.41 Å². The van der Waals surface area contributed by atoms with Gasteiger partial charge in [-0.1, -0.05) is 0 Å². The van der Waals surface area contributed by atoms with Gasteiger partial charge in [-0.25, -0.2) is 0 Å². The molecule has 1 rings (SSSR count). The number of rotatable bonds is 3. The van der Waals surface area contributed by atoms with Crippen molar-refractivity contribution in [1.29, 1.82) is 0 Å². The molecule has 0 unspecified atom stereocenters. The van der Waals surface area contributed by atoms with E-state index in [1.165, 1.54) is 25.2 Å². The van der Waals surface area contributed by atoms with Crippen LogP contribution in [0.5, 0.6) is 0 Å². The molecule has 0 radical (unpaired) electrons. The zero-order valence-electron chi connectivity index (χ0n) is 7.90. The van der Waals surface area contributed by atoms with Crippen LogP contribution >= 0.6 is 11.3 Å². The lowest BCUT2D eigenvalue weighted by atomic mass is 9.93. The minimum Gasteiger partial charge on any atom is -0.480 e. The second-order valence-electron chi connectivity index (χ2n) is 3.36. The normalized spacial score (nSPS) is 11.0. The maximum Gasteiger partial charge on any atom is 0.318 e. The van der Waals surface area contributed by atoms with Crippen LogP contribution in [0.2, 0.25) is 0 Å². The highest BCUT2D eigenvalue weighted by Crippen LogP contribution is 2.21. The lowest BCUT2D eigenvalue weighted by Gasteiger charge is -2.17. The number of thiophene rings is 1. The molecule has 0 saturated heterocycles. The van der Waals surface area contributed by atoms with Crippen molar-refractivity contribution in [3.63, 3.8) is 0 Å². The van der Waals surface area contributed by atoms with E-state index >= 15 is 0 Å². The van der Waals surface area contributed by atoms with Crippen LogP contribution in [0.15, 0.2) is 17.5 Å². The molecule has 0 aromatic carbocycles. The molecule has 1 aromatic rings. The third-order valence-corrected chi connectivity index (χ3v) is 2.65. The summed E-state index contributed by atoms with van der Waals surface area (Å²) >= 11 is 1.35. The molecule has 1 aromatic heterocycles. The van der Waals surface area contributed by atoms with Crippen LogP contribution in [-0.4, -0.2) is 17.0 Å². The minimum absolute atomic E-state index is 0.507. The number of carboxylic acid groups (broad SMARTS) is 1. The van der Waals surface area contributed by atoms with E-state index in [1.54, 1.807) is 12.1 Å². The molecule has 0 atom stereocenters. The van der Waals surface area contributed by atoms with Gasteiger partial charge in [-0.05, 0) is 31.4 Å². The van der Waals surface area contributed by atoms with E-state index < -0.39 is 17.3 Å². The molecule has 0 fully saturated rings. The van der Waals surface area contributed by atoms with Gasteiger partial charge in [0.05, 0.1) is 5.00 Å². The molecule has 14 heavy (non-hydrogen) atoms. The van der Waals surface area contributed by atoms with Gasteiger partial charge >= 0.3 is 5.97 Å². The molecule has 0 saturated carbocycles. The van der Waals surface area contributed by atoms with Crippen molar-refractivity contribution in [2.45, 2.75) is 13.8 Å². The summed E-state index contributed by atoms with van der Waals surface area (Å²) in [5.74, 6) is -1.64. The highest BCUT2D eigenvalue weighted by atomic mass is 32.1. The van der Waals surface area contributed by atoms with Crippen molar-refractivity contribution in [2.75, 3.05) is 5.32 Å². The first-order valence-corrected chi connectivity index (χ1v) is 4.91. The first-order chi connectivity index (χ1) is 6.44. The second kappa shape index (κ2) is 3.79. The predicted octanol–water partition coefficient (Wildman–Crippen LogP) is 1.80. The van der Waals surface area contributed by atoms with Crippen LogP contribution in [0.25, 0.3) is 0 Å². The molecule has 5 heteroatoms. The Hall–Kier alpha value is -1.36. The Morgan fingerprint density at radius 2 is 2.14 bits per heavy atom. The number of nitrogens with one attached hydrogen (secondary N) is 1. The first kappa shape index (κ1) is 10.7. The summed E-state index contributed by atoms with van der Waals surface area (Å²) in [5.41, 5.74) is -1.40. The zero-order chi connectivity index (χ0) is 10.8. The monoisotopic (exact) mass is 213 g/mol. The third kappa shape index (κ3) is 2.11. The number of amides is 1. The zero-order valence-corrected chi connectivity index (χ0v) is 8.72. The Morgan fingerprint density at radius 1 is 1.50 bits per heavy atom. The Morgan fingerprint density at radius 3 is 2.57 bits per heavy atom. The van der Waals surface area contributed by atoms with Crippen molar-refractivity contribution < 1.29 is 14.7 Å². The number of anilines is 1. The number of carbonyl (C=O) groups excluding carboxylic acids is 1. The van der Waals surface area contributed by atoms with Gasteiger partial charge in [0.25, 0.3) is 0 Å². The molecule has 0 spiro atoms. The van der Waals surface area contributed by atoms with E-state index in [9.17, 15) is 9.59 Å². The van der Waals surface area contributed by atoms with E-state index in [2.05, 4.69) is 5.32 Å². The molecule has 0 aliphatic heterocycles. The first-order valence-electron chi connectivity index (χ1n) is 4.03. The topological polar surface area (TPSA) is 66.4 Å². The lowest BCUT2D eigenvalue weighted by Crippen LogP contribution is -2.37. The van der Waals surface area contributed by atoms with E-state index in [4.69, 9.17) is 5.11 Å². The van der Waals surface area contributed by atoms with Crippen LogP contribution in [0.4, 0.5) is 5.00 Å². The van der Waals surface area contributed by atoms with Crippen LogP contribution < -0.4 is 5.32 Å². The molecule has 1 heterocycles. The van der Waals surface area contributed by atoms with Crippen molar-refractivity contribution in [2.24, 2.45) is 5.41 Å². The van der Waals surface area contributed by atoms with Crippen LogP contribution in [0.3, 0.4) is 0 Å². The molecule has 0 aliphatic carbocycles.